The zero-order valence-electron chi connectivity index (χ0n) is 25.9. The van der Waals surface area contributed by atoms with Crippen LogP contribution in [0.25, 0.3) is 71.0 Å². The van der Waals surface area contributed by atoms with Crippen molar-refractivity contribution in [1.29, 1.82) is 5.26 Å². The van der Waals surface area contributed by atoms with Crippen molar-refractivity contribution in [2.75, 3.05) is 0 Å². The van der Waals surface area contributed by atoms with E-state index in [1.807, 2.05) is 108 Å². The molecule has 48 heavy (non-hydrogen) atoms. The number of fused-ring (bicyclic) bond motifs is 6. The van der Waals surface area contributed by atoms with Gasteiger partial charge in [-0.3, -0.25) is 0 Å². The van der Waals surface area contributed by atoms with Crippen LogP contribution in [0.3, 0.4) is 0 Å². The SMILES string of the molecule is [C-]#[N+]c1cccc(C(F)(F)F)c1-c1c(-n2c3ccccc3c3cccc(C)c32)cc(C#N)cc1-n1c2ccccc2c2cccc(C)c21. The molecule has 0 saturated carbocycles. The second kappa shape index (κ2) is 10.6. The maximum atomic E-state index is 15.1. The zero-order chi connectivity index (χ0) is 33.3. The Balaban J connectivity index is 1.70. The molecule has 7 heteroatoms. The van der Waals surface area contributed by atoms with Crippen molar-refractivity contribution in [3.63, 3.8) is 0 Å². The summed E-state index contributed by atoms with van der Waals surface area (Å²) in [6, 6.07) is 36.7. The van der Waals surface area contributed by atoms with Gasteiger partial charge in [0.1, 0.15) is 0 Å². The fraction of sp³-hybridized carbons (Fsp3) is 0.0732. The molecule has 2 aromatic heterocycles. The smallest absolute Gasteiger partial charge is 0.308 e. The Labute approximate surface area is 273 Å². The number of nitriles is 1. The van der Waals surface area contributed by atoms with Crippen LogP contribution >= 0.6 is 0 Å². The molecule has 6 aromatic carbocycles. The number of para-hydroxylation sites is 4. The second-order valence-corrected chi connectivity index (χ2v) is 12.0. The molecule has 0 aliphatic rings. The van der Waals surface area contributed by atoms with Gasteiger partial charge in [-0.05, 0) is 49.2 Å². The summed E-state index contributed by atoms with van der Waals surface area (Å²) in [4.78, 5) is 3.66. The first-order chi connectivity index (χ1) is 23.2. The van der Waals surface area contributed by atoms with Gasteiger partial charge in [-0.25, -0.2) is 4.85 Å². The lowest BCUT2D eigenvalue weighted by atomic mass is 9.92. The summed E-state index contributed by atoms with van der Waals surface area (Å²) < 4.78 is 49.3. The van der Waals surface area contributed by atoms with E-state index in [1.54, 1.807) is 12.1 Å². The minimum absolute atomic E-state index is 0.132. The van der Waals surface area contributed by atoms with E-state index in [9.17, 15) is 5.26 Å². The van der Waals surface area contributed by atoms with Crippen molar-refractivity contribution >= 4 is 49.3 Å². The molecule has 0 aliphatic heterocycles. The third-order valence-corrected chi connectivity index (χ3v) is 9.22. The molecule has 0 atom stereocenters. The molecule has 0 unspecified atom stereocenters. The molecule has 0 bridgehead atoms. The highest BCUT2D eigenvalue weighted by Gasteiger charge is 2.37. The molecule has 2 heterocycles. The highest BCUT2D eigenvalue weighted by Crippen LogP contribution is 2.49. The average molecular weight is 631 g/mol. The van der Waals surface area contributed by atoms with Gasteiger partial charge in [0.2, 0.25) is 0 Å². The van der Waals surface area contributed by atoms with E-state index in [1.165, 1.54) is 12.1 Å². The summed E-state index contributed by atoms with van der Waals surface area (Å²) in [5.74, 6) is 0. The number of rotatable bonds is 3. The molecule has 0 radical (unpaired) electrons. The quantitative estimate of drug-likeness (QED) is 0.179. The number of nitrogens with zero attached hydrogens (tertiary/aromatic N) is 4. The number of aromatic nitrogens is 2. The Morgan fingerprint density at radius 2 is 1.10 bits per heavy atom. The van der Waals surface area contributed by atoms with Gasteiger partial charge in [0, 0.05) is 32.7 Å². The number of halogens is 3. The molecule has 0 fully saturated rings. The molecule has 230 valence electrons. The summed E-state index contributed by atoms with van der Waals surface area (Å²) in [5, 5.41) is 14.2. The predicted octanol–water partition coefficient (Wildman–Crippen LogP) is 11.6. The van der Waals surface area contributed by atoms with Crippen LogP contribution in [0.15, 0.2) is 115 Å². The van der Waals surface area contributed by atoms with Crippen LogP contribution in [0.2, 0.25) is 0 Å². The van der Waals surface area contributed by atoms with Gasteiger partial charge in [-0.2, -0.15) is 18.4 Å². The number of hydrogen-bond donors (Lipinski definition) is 0. The molecule has 4 nitrogen and oxygen atoms in total. The Morgan fingerprint density at radius 1 is 0.625 bits per heavy atom. The topological polar surface area (TPSA) is 38.0 Å². The van der Waals surface area contributed by atoms with E-state index >= 15 is 13.2 Å². The van der Waals surface area contributed by atoms with Crippen LogP contribution in [0.4, 0.5) is 18.9 Å². The third-order valence-electron chi connectivity index (χ3n) is 9.22. The van der Waals surface area contributed by atoms with Crippen molar-refractivity contribution in [3.8, 4) is 28.6 Å². The summed E-state index contributed by atoms with van der Waals surface area (Å²) in [6.07, 6.45) is -4.77. The normalized spacial score (nSPS) is 11.8. The van der Waals surface area contributed by atoms with Gasteiger partial charge in [-0.15, -0.1) is 0 Å². The minimum Gasteiger partial charge on any atom is -0.308 e. The van der Waals surface area contributed by atoms with E-state index in [0.717, 1.165) is 60.8 Å². The van der Waals surface area contributed by atoms with Crippen LogP contribution in [-0.4, -0.2) is 9.13 Å². The van der Waals surface area contributed by atoms with Crippen LogP contribution in [0.5, 0.6) is 0 Å². The molecular formula is C41H25F3N4. The van der Waals surface area contributed by atoms with E-state index in [-0.39, 0.29) is 22.4 Å². The molecule has 0 aliphatic carbocycles. The number of aryl methyl sites for hydroxylation is 2. The van der Waals surface area contributed by atoms with Crippen molar-refractivity contribution in [3.05, 3.63) is 149 Å². The van der Waals surface area contributed by atoms with Crippen molar-refractivity contribution in [1.82, 2.24) is 9.13 Å². The second-order valence-electron chi connectivity index (χ2n) is 12.0. The van der Waals surface area contributed by atoms with E-state index in [0.29, 0.717) is 11.4 Å². The Morgan fingerprint density at radius 3 is 1.58 bits per heavy atom. The number of hydrogen-bond acceptors (Lipinski definition) is 1. The molecule has 0 N–H and O–H groups in total. The third kappa shape index (κ3) is 4.15. The summed E-state index contributed by atoms with van der Waals surface area (Å²) in [7, 11) is 0. The van der Waals surface area contributed by atoms with Gasteiger partial charge in [0.05, 0.1) is 57.2 Å². The summed E-state index contributed by atoms with van der Waals surface area (Å²) in [5.41, 5.74) is 4.98. The monoisotopic (exact) mass is 630 g/mol. The zero-order valence-corrected chi connectivity index (χ0v) is 25.9. The number of alkyl halides is 3. The van der Waals surface area contributed by atoms with Gasteiger partial charge in [0.15, 0.2) is 5.69 Å². The highest BCUT2D eigenvalue weighted by atomic mass is 19.4. The standard InChI is InChI=1S/C41H25F3N4/c1-24-11-8-15-29-27-13-4-6-19-33(27)47(39(24)29)35-21-26(23-45)22-36(38(35)37-31(41(42,43)44)17-10-18-32(37)46-3)48-34-20-7-5-14-28(34)30-16-9-12-25(2)40(30)48/h4-22H,1-2H3. The highest BCUT2D eigenvalue weighted by molar-refractivity contribution is 6.13. The Kier molecular flexibility index (Phi) is 6.44. The first-order valence-electron chi connectivity index (χ1n) is 15.4. The Bertz CT molecular complexity index is 2570. The molecule has 0 spiro atoms. The lowest BCUT2D eigenvalue weighted by molar-refractivity contribution is -0.137. The maximum Gasteiger partial charge on any atom is 0.415 e. The minimum atomic E-state index is -4.77. The maximum absolute atomic E-state index is 15.1. The molecule has 0 saturated heterocycles. The van der Waals surface area contributed by atoms with Gasteiger partial charge < -0.3 is 9.13 Å². The molecule has 0 amide bonds. The van der Waals surface area contributed by atoms with Crippen LogP contribution in [0.1, 0.15) is 22.3 Å². The molecular weight excluding hydrogens is 605 g/mol. The van der Waals surface area contributed by atoms with Crippen LogP contribution < -0.4 is 0 Å². The van der Waals surface area contributed by atoms with Crippen molar-refractivity contribution < 1.29 is 13.2 Å². The lowest BCUT2D eigenvalue weighted by Gasteiger charge is -2.24. The van der Waals surface area contributed by atoms with Crippen molar-refractivity contribution in [2.24, 2.45) is 0 Å². The molecule has 8 rings (SSSR count). The summed E-state index contributed by atoms with van der Waals surface area (Å²) >= 11 is 0. The summed E-state index contributed by atoms with van der Waals surface area (Å²) in [6.45, 7) is 12.0. The Hall–Kier alpha value is -6.31. The molecule has 8 aromatic rings. The van der Waals surface area contributed by atoms with E-state index < -0.39 is 11.7 Å². The predicted molar refractivity (Wildman–Crippen MR) is 186 cm³/mol. The van der Waals surface area contributed by atoms with Gasteiger partial charge in [0.25, 0.3) is 0 Å². The first kappa shape index (κ1) is 29.1. The fourth-order valence-electron chi connectivity index (χ4n) is 7.30. The van der Waals surface area contributed by atoms with E-state index in [4.69, 9.17) is 6.57 Å². The van der Waals surface area contributed by atoms with Crippen LogP contribution in [0, 0.1) is 31.8 Å². The first-order valence-corrected chi connectivity index (χ1v) is 15.4. The van der Waals surface area contributed by atoms with E-state index in [2.05, 4.69) is 10.9 Å². The largest absolute Gasteiger partial charge is 0.415 e. The lowest BCUT2D eigenvalue weighted by Crippen LogP contribution is -2.11. The fourth-order valence-corrected chi connectivity index (χ4v) is 7.30. The average Bonchev–Trinajstić information content (AvgIpc) is 3.62. The van der Waals surface area contributed by atoms with Crippen LogP contribution in [-0.2, 0) is 6.18 Å². The van der Waals surface area contributed by atoms with Crippen molar-refractivity contribution in [2.45, 2.75) is 20.0 Å². The van der Waals surface area contributed by atoms with Gasteiger partial charge >= 0.3 is 6.18 Å². The number of benzene rings is 6. The van der Waals surface area contributed by atoms with Gasteiger partial charge in [-0.1, -0.05) is 91.0 Å².